The topological polar surface area (TPSA) is 60.5 Å². The molecule has 1 amide bonds. The number of nitrogens with one attached hydrogen (secondary N) is 1. The molecule has 0 aliphatic rings. The van der Waals surface area contributed by atoms with Crippen LogP contribution in [-0.2, 0) is 11.2 Å². The van der Waals surface area contributed by atoms with Gasteiger partial charge in [-0.05, 0) is 42.0 Å². The minimum absolute atomic E-state index is 0.154. The first kappa shape index (κ1) is 16.5. The zero-order valence-corrected chi connectivity index (χ0v) is 13.8. The van der Waals surface area contributed by atoms with Crippen molar-refractivity contribution in [2.24, 2.45) is 0 Å². The fourth-order valence-corrected chi connectivity index (χ4v) is 2.33. The SMILES string of the molecule is COc1cccc(CC(=O)Nc2cccnc2Oc2ccccc2)c1. The number of pyridine rings is 1. The highest BCUT2D eigenvalue weighted by Crippen LogP contribution is 2.26. The smallest absolute Gasteiger partial charge is 0.243 e. The molecule has 3 aromatic rings. The van der Waals surface area contributed by atoms with Gasteiger partial charge in [0.05, 0.1) is 13.5 Å². The van der Waals surface area contributed by atoms with Crippen LogP contribution >= 0.6 is 0 Å². The Hall–Kier alpha value is -3.34. The van der Waals surface area contributed by atoms with E-state index in [1.54, 1.807) is 25.4 Å². The summed E-state index contributed by atoms with van der Waals surface area (Å²) in [5.74, 6) is 1.58. The van der Waals surface area contributed by atoms with Gasteiger partial charge in [-0.1, -0.05) is 30.3 Å². The second-order valence-electron chi connectivity index (χ2n) is 5.35. The molecule has 0 fully saturated rings. The Morgan fingerprint density at radius 3 is 2.60 bits per heavy atom. The van der Waals surface area contributed by atoms with Crippen LogP contribution < -0.4 is 14.8 Å². The largest absolute Gasteiger partial charge is 0.497 e. The standard InChI is InChI=1S/C20H18N2O3/c1-24-17-10-5-7-15(13-17)14-19(23)22-18-11-6-12-21-20(18)25-16-8-3-2-4-9-16/h2-13H,14H2,1H3,(H,22,23). The number of hydrogen-bond donors (Lipinski definition) is 1. The molecule has 0 aliphatic heterocycles. The van der Waals surface area contributed by atoms with E-state index < -0.39 is 0 Å². The molecule has 0 saturated carbocycles. The number of anilines is 1. The molecule has 0 radical (unpaired) electrons. The number of amides is 1. The lowest BCUT2D eigenvalue weighted by Gasteiger charge is -2.11. The van der Waals surface area contributed by atoms with Crippen LogP contribution in [0.3, 0.4) is 0 Å². The minimum atomic E-state index is -0.154. The number of ether oxygens (including phenoxy) is 2. The van der Waals surface area contributed by atoms with Gasteiger partial charge in [-0.25, -0.2) is 4.98 Å². The zero-order chi connectivity index (χ0) is 17.5. The van der Waals surface area contributed by atoms with E-state index in [-0.39, 0.29) is 12.3 Å². The Morgan fingerprint density at radius 2 is 1.80 bits per heavy atom. The average molecular weight is 334 g/mol. The molecule has 1 heterocycles. The van der Waals surface area contributed by atoms with Crippen molar-refractivity contribution >= 4 is 11.6 Å². The van der Waals surface area contributed by atoms with Crippen LogP contribution in [0.2, 0.25) is 0 Å². The number of methoxy groups -OCH3 is 1. The van der Waals surface area contributed by atoms with Gasteiger partial charge in [-0.15, -0.1) is 0 Å². The summed E-state index contributed by atoms with van der Waals surface area (Å²) in [4.78, 5) is 16.6. The molecule has 1 N–H and O–H groups in total. The van der Waals surface area contributed by atoms with Crippen molar-refractivity contribution in [1.82, 2.24) is 4.98 Å². The average Bonchev–Trinajstić information content (AvgIpc) is 2.64. The van der Waals surface area contributed by atoms with E-state index in [0.717, 1.165) is 11.3 Å². The highest BCUT2D eigenvalue weighted by molar-refractivity contribution is 5.93. The second kappa shape index (κ2) is 7.97. The fourth-order valence-electron chi connectivity index (χ4n) is 2.33. The van der Waals surface area contributed by atoms with Crippen LogP contribution in [0.5, 0.6) is 17.4 Å². The van der Waals surface area contributed by atoms with Crippen molar-refractivity contribution in [2.75, 3.05) is 12.4 Å². The Balaban J connectivity index is 1.71. The van der Waals surface area contributed by atoms with Crippen molar-refractivity contribution in [2.45, 2.75) is 6.42 Å². The first-order valence-electron chi connectivity index (χ1n) is 7.85. The summed E-state index contributed by atoms with van der Waals surface area (Å²) in [5.41, 5.74) is 1.39. The van der Waals surface area contributed by atoms with Gasteiger partial charge in [-0.3, -0.25) is 4.79 Å². The lowest BCUT2D eigenvalue weighted by atomic mass is 10.1. The molecule has 0 saturated heterocycles. The molecule has 0 spiro atoms. The third-order valence-electron chi connectivity index (χ3n) is 3.50. The minimum Gasteiger partial charge on any atom is -0.497 e. The molecule has 2 aromatic carbocycles. The maximum absolute atomic E-state index is 12.4. The summed E-state index contributed by atoms with van der Waals surface area (Å²) in [7, 11) is 1.60. The van der Waals surface area contributed by atoms with Gasteiger partial charge in [0.25, 0.3) is 0 Å². The lowest BCUT2D eigenvalue weighted by molar-refractivity contribution is -0.115. The number of benzene rings is 2. The third kappa shape index (κ3) is 4.57. The maximum Gasteiger partial charge on any atom is 0.243 e. The summed E-state index contributed by atoms with van der Waals surface area (Å²) in [6.45, 7) is 0. The Bertz CT molecular complexity index is 850. The third-order valence-corrected chi connectivity index (χ3v) is 3.50. The number of carbonyl (C=O) groups excluding carboxylic acids is 1. The van der Waals surface area contributed by atoms with E-state index in [1.807, 2.05) is 54.6 Å². The first-order valence-corrected chi connectivity index (χ1v) is 7.85. The Kier molecular flexibility index (Phi) is 5.26. The highest BCUT2D eigenvalue weighted by atomic mass is 16.5. The Labute approximate surface area is 146 Å². The molecule has 5 heteroatoms. The van der Waals surface area contributed by atoms with E-state index in [0.29, 0.717) is 17.3 Å². The predicted molar refractivity (Wildman–Crippen MR) is 96.1 cm³/mol. The molecule has 126 valence electrons. The second-order valence-corrected chi connectivity index (χ2v) is 5.35. The van der Waals surface area contributed by atoms with Crippen LogP contribution in [0.4, 0.5) is 5.69 Å². The van der Waals surface area contributed by atoms with Crippen molar-refractivity contribution in [3.8, 4) is 17.4 Å². The van der Waals surface area contributed by atoms with Crippen molar-refractivity contribution < 1.29 is 14.3 Å². The summed E-state index contributed by atoms with van der Waals surface area (Å²) >= 11 is 0. The summed E-state index contributed by atoms with van der Waals surface area (Å²) in [5, 5.41) is 2.85. The number of para-hydroxylation sites is 1. The van der Waals surface area contributed by atoms with Crippen LogP contribution in [0.25, 0.3) is 0 Å². The van der Waals surface area contributed by atoms with Gasteiger partial charge >= 0.3 is 0 Å². The van der Waals surface area contributed by atoms with E-state index in [4.69, 9.17) is 9.47 Å². The van der Waals surface area contributed by atoms with Gasteiger partial charge in [0.15, 0.2) is 0 Å². The van der Waals surface area contributed by atoms with Gasteiger partial charge in [0, 0.05) is 6.20 Å². The molecule has 0 unspecified atom stereocenters. The maximum atomic E-state index is 12.4. The van der Waals surface area contributed by atoms with E-state index >= 15 is 0 Å². The van der Waals surface area contributed by atoms with Crippen LogP contribution in [-0.4, -0.2) is 18.0 Å². The van der Waals surface area contributed by atoms with E-state index in [1.165, 1.54) is 0 Å². The number of aromatic nitrogens is 1. The predicted octanol–water partition coefficient (Wildman–Crippen LogP) is 4.06. The molecule has 1 aromatic heterocycles. The highest BCUT2D eigenvalue weighted by Gasteiger charge is 2.11. The number of carbonyl (C=O) groups is 1. The van der Waals surface area contributed by atoms with Gasteiger partial charge in [0.1, 0.15) is 17.2 Å². The summed E-state index contributed by atoms with van der Waals surface area (Å²) in [6.07, 6.45) is 1.85. The van der Waals surface area contributed by atoms with Gasteiger partial charge < -0.3 is 14.8 Å². The molecule has 0 aliphatic carbocycles. The monoisotopic (exact) mass is 334 g/mol. The zero-order valence-electron chi connectivity index (χ0n) is 13.8. The van der Waals surface area contributed by atoms with Crippen molar-refractivity contribution in [3.63, 3.8) is 0 Å². The van der Waals surface area contributed by atoms with Gasteiger partial charge in [-0.2, -0.15) is 0 Å². The first-order chi connectivity index (χ1) is 12.2. The molecule has 25 heavy (non-hydrogen) atoms. The van der Waals surface area contributed by atoms with Crippen molar-refractivity contribution in [3.05, 3.63) is 78.5 Å². The molecule has 0 bridgehead atoms. The normalized spacial score (nSPS) is 10.1. The molecular weight excluding hydrogens is 316 g/mol. The fraction of sp³-hybridized carbons (Fsp3) is 0.100. The quantitative estimate of drug-likeness (QED) is 0.738. The van der Waals surface area contributed by atoms with Gasteiger partial charge in [0.2, 0.25) is 11.8 Å². The molecule has 5 nitrogen and oxygen atoms in total. The van der Waals surface area contributed by atoms with Crippen molar-refractivity contribution in [1.29, 1.82) is 0 Å². The molecule has 0 atom stereocenters. The van der Waals surface area contributed by atoms with Crippen LogP contribution in [0.15, 0.2) is 72.9 Å². The lowest BCUT2D eigenvalue weighted by Crippen LogP contribution is -2.15. The number of rotatable bonds is 6. The summed E-state index contributed by atoms with van der Waals surface area (Å²) < 4.78 is 10.9. The van der Waals surface area contributed by atoms with E-state index in [2.05, 4.69) is 10.3 Å². The van der Waals surface area contributed by atoms with E-state index in [9.17, 15) is 4.79 Å². The Morgan fingerprint density at radius 1 is 1.00 bits per heavy atom. The number of nitrogens with zero attached hydrogens (tertiary/aromatic N) is 1. The van der Waals surface area contributed by atoms with Crippen LogP contribution in [0.1, 0.15) is 5.56 Å². The summed E-state index contributed by atoms with van der Waals surface area (Å²) in [6, 6.07) is 20.2. The van der Waals surface area contributed by atoms with Crippen LogP contribution in [0, 0.1) is 0 Å². The molecule has 3 rings (SSSR count). The number of hydrogen-bond acceptors (Lipinski definition) is 4. The molecular formula is C20H18N2O3.